The molecule has 2 aromatic heterocycles. The number of amides is 1. The Balaban J connectivity index is 1.46. The quantitative estimate of drug-likeness (QED) is 0.382. The van der Waals surface area contributed by atoms with Gasteiger partial charge in [0.05, 0.1) is 17.7 Å². The number of anilines is 2. The summed E-state index contributed by atoms with van der Waals surface area (Å²) in [6.45, 7) is -0.326. The lowest BCUT2D eigenvalue weighted by Gasteiger charge is -2.11. The largest absolute Gasteiger partial charge is 0.496 e. The molecule has 0 aliphatic carbocycles. The summed E-state index contributed by atoms with van der Waals surface area (Å²) < 4.78 is 33.6. The van der Waals surface area contributed by atoms with Gasteiger partial charge in [0.25, 0.3) is 15.6 Å². The van der Waals surface area contributed by atoms with E-state index < -0.39 is 21.5 Å². The molecule has 0 spiro atoms. The molecule has 0 aliphatic rings. The van der Waals surface area contributed by atoms with Crippen LogP contribution in [0.3, 0.4) is 0 Å². The van der Waals surface area contributed by atoms with Crippen molar-refractivity contribution in [1.29, 1.82) is 0 Å². The van der Waals surface area contributed by atoms with E-state index in [1.54, 1.807) is 23.6 Å². The minimum atomic E-state index is -3.80. The average Bonchev–Trinajstić information content (AvgIpc) is 3.33. The van der Waals surface area contributed by atoms with Crippen molar-refractivity contribution in [1.82, 2.24) is 14.8 Å². The van der Waals surface area contributed by atoms with Crippen LogP contribution in [0.1, 0.15) is 0 Å². The number of nitrogens with one attached hydrogen (secondary N) is 2. The summed E-state index contributed by atoms with van der Waals surface area (Å²) in [4.78, 5) is 28.7. The standard InChI is InChI=1S/C22H19N5O5S2/c1-32-19-5-3-2-4-17(19)18-10-11-21(29)27(25-18)14-20(28)24-15-6-8-16(9-7-15)34(30,31)26-22-23-12-13-33-22/h2-13H,14H2,1H3,(H,23,26)(H,24,28). The highest BCUT2D eigenvalue weighted by Crippen LogP contribution is 2.27. The van der Waals surface area contributed by atoms with Crippen molar-refractivity contribution >= 4 is 38.1 Å². The number of hydrogen-bond acceptors (Lipinski definition) is 8. The molecule has 2 aromatic carbocycles. The van der Waals surface area contributed by atoms with Crippen LogP contribution >= 0.6 is 11.3 Å². The number of carbonyl (C=O) groups is 1. The number of para-hydroxylation sites is 1. The zero-order valence-corrected chi connectivity index (χ0v) is 19.5. The molecule has 0 aliphatic heterocycles. The summed E-state index contributed by atoms with van der Waals surface area (Å²) in [7, 11) is -2.26. The molecule has 4 aromatic rings. The van der Waals surface area contributed by atoms with E-state index in [4.69, 9.17) is 4.74 Å². The molecule has 10 nitrogen and oxygen atoms in total. The minimum absolute atomic E-state index is 0.0168. The van der Waals surface area contributed by atoms with Gasteiger partial charge < -0.3 is 10.1 Å². The summed E-state index contributed by atoms with van der Waals surface area (Å²) in [6, 6.07) is 15.7. The number of benzene rings is 2. The van der Waals surface area contributed by atoms with Gasteiger partial charge in [-0.3, -0.25) is 14.3 Å². The smallest absolute Gasteiger partial charge is 0.267 e. The van der Waals surface area contributed by atoms with Crippen molar-refractivity contribution in [3.05, 3.63) is 82.6 Å². The molecule has 4 rings (SSSR count). The molecular weight excluding hydrogens is 478 g/mol. The van der Waals surface area contributed by atoms with E-state index in [0.717, 1.165) is 16.0 Å². The van der Waals surface area contributed by atoms with Crippen molar-refractivity contribution < 1.29 is 17.9 Å². The van der Waals surface area contributed by atoms with Crippen LogP contribution in [0.4, 0.5) is 10.8 Å². The highest BCUT2D eigenvalue weighted by molar-refractivity contribution is 7.93. The van der Waals surface area contributed by atoms with Gasteiger partial charge in [-0.05, 0) is 42.5 Å². The molecule has 0 saturated heterocycles. The third-order valence-corrected chi connectivity index (χ3v) is 6.82. The fraction of sp³-hybridized carbons (Fsp3) is 0.0909. The van der Waals surface area contributed by atoms with Crippen molar-refractivity contribution in [2.24, 2.45) is 0 Å². The highest BCUT2D eigenvalue weighted by Gasteiger charge is 2.16. The Morgan fingerprint density at radius 3 is 2.56 bits per heavy atom. The Bertz CT molecular complexity index is 1470. The lowest BCUT2D eigenvalue weighted by Crippen LogP contribution is -2.29. The van der Waals surface area contributed by atoms with E-state index in [9.17, 15) is 18.0 Å². The average molecular weight is 498 g/mol. The molecule has 2 heterocycles. The first-order valence-electron chi connectivity index (χ1n) is 9.89. The lowest BCUT2D eigenvalue weighted by atomic mass is 10.1. The number of methoxy groups -OCH3 is 1. The number of aromatic nitrogens is 3. The fourth-order valence-electron chi connectivity index (χ4n) is 3.06. The van der Waals surface area contributed by atoms with Gasteiger partial charge in [0.1, 0.15) is 12.3 Å². The Hall–Kier alpha value is -4.03. The summed E-state index contributed by atoms with van der Waals surface area (Å²) in [6.07, 6.45) is 1.49. The van der Waals surface area contributed by atoms with Gasteiger partial charge >= 0.3 is 0 Å². The van der Waals surface area contributed by atoms with Crippen molar-refractivity contribution in [2.75, 3.05) is 17.1 Å². The van der Waals surface area contributed by atoms with Crippen LogP contribution in [0.25, 0.3) is 11.3 Å². The molecule has 2 N–H and O–H groups in total. The Morgan fingerprint density at radius 2 is 1.85 bits per heavy atom. The molecule has 34 heavy (non-hydrogen) atoms. The van der Waals surface area contributed by atoms with Gasteiger partial charge in [0.15, 0.2) is 5.13 Å². The van der Waals surface area contributed by atoms with Crippen LogP contribution < -0.4 is 20.3 Å². The number of rotatable bonds is 8. The number of nitrogens with zero attached hydrogens (tertiary/aromatic N) is 3. The van der Waals surface area contributed by atoms with Crippen LogP contribution in [0.2, 0.25) is 0 Å². The van der Waals surface area contributed by atoms with Gasteiger partial charge in [-0.2, -0.15) is 5.10 Å². The maximum absolute atomic E-state index is 12.5. The number of hydrogen-bond donors (Lipinski definition) is 2. The Morgan fingerprint density at radius 1 is 1.09 bits per heavy atom. The second-order valence-electron chi connectivity index (χ2n) is 6.93. The number of sulfonamides is 1. The zero-order chi connectivity index (χ0) is 24.1. The van der Waals surface area contributed by atoms with E-state index in [0.29, 0.717) is 22.7 Å². The van der Waals surface area contributed by atoms with Crippen LogP contribution in [0, 0.1) is 0 Å². The molecule has 1 amide bonds. The fourth-order valence-corrected chi connectivity index (χ4v) is 4.85. The van der Waals surface area contributed by atoms with Gasteiger partial charge in [0, 0.05) is 28.9 Å². The van der Waals surface area contributed by atoms with Crippen LogP contribution in [-0.2, 0) is 21.4 Å². The monoisotopic (exact) mass is 497 g/mol. The second kappa shape index (κ2) is 9.85. The topological polar surface area (TPSA) is 132 Å². The molecule has 0 saturated carbocycles. The Kier molecular flexibility index (Phi) is 6.70. The molecule has 0 unspecified atom stereocenters. The lowest BCUT2D eigenvalue weighted by molar-refractivity contribution is -0.117. The van der Waals surface area contributed by atoms with E-state index in [2.05, 4.69) is 20.1 Å². The molecule has 174 valence electrons. The first-order valence-corrected chi connectivity index (χ1v) is 12.3. The van der Waals surface area contributed by atoms with Gasteiger partial charge in [-0.15, -0.1) is 11.3 Å². The van der Waals surface area contributed by atoms with Crippen molar-refractivity contribution in [3.8, 4) is 17.0 Å². The number of carbonyl (C=O) groups excluding carboxylic acids is 1. The molecule has 0 bridgehead atoms. The zero-order valence-electron chi connectivity index (χ0n) is 17.8. The van der Waals surface area contributed by atoms with Gasteiger partial charge in [-0.1, -0.05) is 12.1 Å². The normalized spacial score (nSPS) is 11.1. The number of thiazole rings is 1. The van der Waals surface area contributed by atoms with Crippen LogP contribution in [0.5, 0.6) is 5.75 Å². The van der Waals surface area contributed by atoms with Crippen molar-refractivity contribution in [2.45, 2.75) is 11.4 Å². The highest BCUT2D eigenvalue weighted by atomic mass is 32.2. The van der Waals surface area contributed by atoms with Crippen LogP contribution in [-0.4, -0.2) is 36.2 Å². The maximum Gasteiger partial charge on any atom is 0.267 e. The SMILES string of the molecule is COc1ccccc1-c1ccc(=O)n(CC(=O)Nc2ccc(S(=O)(=O)Nc3nccs3)cc2)n1. The third kappa shape index (κ3) is 5.30. The molecule has 0 radical (unpaired) electrons. The van der Waals surface area contributed by atoms with E-state index in [1.807, 2.05) is 12.1 Å². The summed E-state index contributed by atoms with van der Waals surface area (Å²) >= 11 is 1.16. The molecule has 0 atom stereocenters. The minimum Gasteiger partial charge on any atom is -0.496 e. The van der Waals surface area contributed by atoms with E-state index >= 15 is 0 Å². The molecular formula is C22H19N5O5S2. The van der Waals surface area contributed by atoms with Gasteiger partial charge in [0.2, 0.25) is 5.91 Å². The van der Waals surface area contributed by atoms with Crippen LogP contribution in [0.15, 0.2) is 81.9 Å². The number of ether oxygens (including phenoxy) is 1. The Labute approximate surface area is 198 Å². The third-order valence-electron chi connectivity index (χ3n) is 4.65. The summed E-state index contributed by atoms with van der Waals surface area (Å²) in [5.74, 6) is 0.0901. The van der Waals surface area contributed by atoms with E-state index in [-0.39, 0.29) is 16.6 Å². The second-order valence-corrected chi connectivity index (χ2v) is 9.51. The first-order chi connectivity index (χ1) is 16.4. The van der Waals surface area contributed by atoms with Crippen molar-refractivity contribution in [3.63, 3.8) is 0 Å². The maximum atomic E-state index is 12.5. The summed E-state index contributed by atoms with van der Waals surface area (Å²) in [5, 5.41) is 8.83. The predicted molar refractivity (Wildman–Crippen MR) is 128 cm³/mol. The summed E-state index contributed by atoms with van der Waals surface area (Å²) in [5.41, 5.74) is 1.09. The molecule has 0 fully saturated rings. The first kappa shape index (κ1) is 23.1. The molecule has 12 heteroatoms. The van der Waals surface area contributed by atoms with Gasteiger partial charge in [-0.25, -0.2) is 18.1 Å². The van der Waals surface area contributed by atoms with E-state index in [1.165, 1.54) is 43.6 Å². The predicted octanol–water partition coefficient (Wildman–Crippen LogP) is 2.81.